The van der Waals surface area contributed by atoms with Crippen LogP contribution in [0.4, 0.5) is 0 Å². The van der Waals surface area contributed by atoms with Gasteiger partial charge in [-0.3, -0.25) is 9.59 Å². The highest BCUT2D eigenvalue weighted by atomic mass is 16.7. The van der Waals surface area contributed by atoms with E-state index in [1.54, 1.807) is 0 Å². The van der Waals surface area contributed by atoms with E-state index in [4.69, 9.17) is 28.4 Å². The minimum absolute atomic E-state index is 0.0366. The summed E-state index contributed by atoms with van der Waals surface area (Å²) in [5.74, 6) is 0.277. The molecule has 0 N–H and O–H groups in total. The molecule has 3 saturated heterocycles. The van der Waals surface area contributed by atoms with Gasteiger partial charge in [-0.2, -0.15) is 0 Å². The van der Waals surface area contributed by atoms with Crippen LogP contribution in [0.3, 0.4) is 0 Å². The van der Waals surface area contributed by atoms with Gasteiger partial charge < -0.3 is 28.4 Å². The Bertz CT molecular complexity index is 852. The van der Waals surface area contributed by atoms with Crippen LogP contribution in [0.25, 0.3) is 0 Å². The summed E-state index contributed by atoms with van der Waals surface area (Å²) in [6, 6.07) is 0. The molecule has 5 aliphatic rings. The number of ketones is 2. The molecule has 8 nitrogen and oxygen atoms in total. The number of carbonyl (C=O) groups excluding carboxylic acids is 2. The zero-order valence-corrected chi connectivity index (χ0v) is 26.3. The van der Waals surface area contributed by atoms with Crippen molar-refractivity contribution in [2.45, 2.75) is 153 Å². The van der Waals surface area contributed by atoms with Crippen molar-refractivity contribution in [3.63, 3.8) is 0 Å². The average Bonchev–Trinajstić information content (AvgIpc) is 3.67. The maximum Gasteiger partial charge on any atom is 0.158 e. The molecule has 2 saturated carbocycles. The van der Waals surface area contributed by atoms with Crippen molar-refractivity contribution in [2.75, 3.05) is 26.4 Å². The van der Waals surface area contributed by atoms with Crippen LogP contribution in [0.1, 0.15) is 122 Å². The van der Waals surface area contributed by atoms with Crippen molar-refractivity contribution in [1.29, 1.82) is 0 Å². The van der Waals surface area contributed by atoms with Crippen LogP contribution in [0, 0.1) is 17.8 Å². The zero-order chi connectivity index (χ0) is 29.7. The largest absolute Gasteiger partial charge is 0.353 e. The smallest absolute Gasteiger partial charge is 0.158 e. The quantitative estimate of drug-likeness (QED) is 0.140. The van der Waals surface area contributed by atoms with Crippen molar-refractivity contribution < 1.29 is 38.0 Å². The van der Waals surface area contributed by atoms with Crippen LogP contribution < -0.4 is 0 Å². The molecule has 0 radical (unpaired) electrons. The molecule has 3 heterocycles. The van der Waals surface area contributed by atoms with E-state index < -0.39 is 0 Å². The first-order chi connectivity index (χ1) is 21.2. The molecule has 0 aromatic rings. The third kappa shape index (κ3) is 10.7. The maximum atomic E-state index is 13.4. The number of rotatable bonds is 16. The lowest BCUT2D eigenvalue weighted by molar-refractivity contribution is -0.193. The molecule has 0 amide bonds. The number of hydrogen-bond donors (Lipinski definition) is 0. The molecule has 3 unspecified atom stereocenters. The average molecular weight is 605 g/mol. The van der Waals surface area contributed by atoms with Crippen molar-refractivity contribution in [1.82, 2.24) is 0 Å². The van der Waals surface area contributed by atoms with E-state index >= 15 is 0 Å². The fraction of sp³-hybridized carbons (Fsp3) is 0.886. The predicted molar refractivity (Wildman–Crippen MR) is 162 cm³/mol. The number of carbonyl (C=O) groups is 2. The summed E-state index contributed by atoms with van der Waals surface area (Å²) < 4.78 is 36.3. The highest BCUT2D eigenvalue weighted by Crippen LogP contribution is 2.38. The molecule has 3 aliphatic heterocycles. The van der Waals surface area contributed by atoms with Crippen LogP contribution in [0.2, 0.25) is 0 Å². The van der Waals surface area contributed by atoms with Gasteiger partial charge in [0, 0.05) is 57.5 Å². The summed E-state index contributed by atoms with van der Waals surface area (Å²) in [6.07, 6.45) is 21.5. The first-order valence-electron chi connectivity index (χ1n) is 17.7. The van der Waals surface area contributed by atoms with Crippen LogP contribution in [-0.2, 0) is 38.0 Å². The molecular weight excluding hydrogens is 548 g/mol. The van der Waals surface area contributed by atoms with Gasteiger partial charge in [0.1, 0.15) is 11.6 Å². The lowest BCUT2D eigenvalue weighted by Gasteiger charge is -2.31. The first-order valence-corrected chi connectivity index (χ1v) is 17.7. The van der Waals surface area contributed by atoms with Gasteiger partial charge in [-0.15, -0.1) is 0 Å². The zero-order valence-electron chi connectivity index (χ0n) is 26.3. The molecule has 8 heteroatoms. The van der Waals surface area contributed by atoms with E-state index in [2.05, 4.69) is 12.2 Å². The van der Waals surface area contributed by atoms with Crippen LogP contribution in [-0.4, -0.2) is 69.1 Å². The number of ether oxygens (including phenoxy) is 6. The minimum atomic E-state index is -0.348. The van der Waals surface area contributed by atoms with Crippen LogP contribution in [0.5, 0.6) is 0 Å². The second kappa shape index (κ2) is 18.1. The Balaban J connectivity index is 1.16. The lowest BCUT2D eigenvalue weighted by Crippen LogP contribution is -2.32. The number of unbranched alkanes of at least 4 members (excludes halogenated alkanes) is 2. The van der Waals surface area contributed by atoms with Crippen molar-refractivity contribution in [3.05, 3.63) is 12.2 Å². The Labute approximate surface area is 258 Å². The molecule has 5 fully saturated rings. The summed E-state index contributed by atoms with van der Waals surface area (Å²) in [6.45, 7) is 2.92. The molecule has 43 heavy (non-hydrogen) atoms. The SMILES string of the molecule is O=C(CCCCCOC1CCCCO1)C[C@H]1C(=O)C[C@@H](OC2CCCCO2)[C@@H]1C=C[C@@H](OC1CCCCO1)C1CCCC1. The summed E-state index contributed by atoms with van der Waals surface area (Å²) in [7, 11) is 0. The standard InChI is InChI=1S/C35H56O8/c36-27(14-2-1-8-20-38-33-15-5-9-21-39-33)24-29-28(32(25-30(29)37)43-35-17-7-11-23-41-35)18-19-31(26-12-3-4-13-26)42-34-16-6-10-22-40-34/h18-19,26,28-29,31-35H,1-17,20-25H2/t28-,29-,31-,32-,33?,34?,35?/m1/s1. The second-order valence-corrected chi connectivity index (χ2v) is 13.4. The summed E-state index contributed by atoms with van der Waals surface area (Å²) >= 11 is 0. The van der Waals surface area contributed by atoms with E-state index in [1.807, 2.05) is 0 Å². The van der Waals surface area contributed by atoms with Gasteiger partial charge in [-0.05, 0) is 89.4 Å². The van der Waals surface area contributed by atoms with E-state index in [1.165, 1.54) is 12.8 Å². The molecule has 0 aromatic carbocycles. The molecule has 5 rings (SSSR count). The molecule has 0 bridgehead atoms. The predicted octanol–water partition coefficient (Wildman–Crippen LogP) is 6.82. The van der Waals surface area contributed by atoms with Crippen LogP contribution >= 0.6 is 0 Å². The third-order valence-corrected chi connectivity index (χ3v) is 10.00. The summed E-state index contributed by atoms with van der Waals surface area (Å²) in [4.78, 5) is 26.5. The molecule has 0 aromatic heterocycles. The first kappa shape index (κ1) is 33.2. The Morgan fingerprint density at radius 1 is 0.791 bits per heavy atom. The van der Waals surface area contributed by atoms with Gasteiger partial charge in [-0.1, -0.05) is 31.4 Å². The van der Waals surface area contributed by atoms with Crippen LogP contribution in [0.15, 0.2) is 12.2 Å². The fourth-order valence-electron chi connectivity index (χ4n) is 7.46. The second-order valence-electron chi connectivity index (χ2n) is 13.4. The van der Waals surface area contributed by atoms with E-state index in [0.29, 0.717) is 32.0 Å². The highest BCUT2D eigenvalue weighted by molar-refractivity contribution is 5.90. The van der Waals surface area contributed by atoms with E-state index in [0.717, 1.165) is 103 Å². The Morgan fingerprint density at radius 3 is 2.12 bits per heavy atom. The minimum Gasteiger partial charge on any atom is -0.353 e. The number of Topliss-reactive ketones (excluding diaryl/α,β-unsaturated/α-hetero) is 2. The van der Waals surface area contributed by atoms with Gasteiger partial charge >= 0.3 is 0 Å². The van der Waals surface area contributed by atoms with Crippen molar-refractivity contribution >= 4 is 11.6 Å². The summed E-state index contributed by atoms with van der Waals surface area (Å²) in [5, 5.41) is 0. The molecule has 7 atom stereocenters. The number of hydrogen-bond acceptors (Lipinski definition) is 8. The molecule has 244 valence electrons. The van der Waals surface area contributed by atoms with Gasteiger partial charge in [0.25, 0.3) is 0 Å². The molecule has 0 spiro atoms. The summed E-state index contributed by atoms with van der Waals surface area (Å²) in [5.41, 5.74) is 0. The Hall–Kier alpha value is -1.16. The van der Waals surface area contributed by atoms with Gasteiger partial charge in [-0.25, -0.2) is 0 Å². The Kier molecular flexibility index (Phi) is 14.0. The van der Waals surface area contributed by atoms with E-state index in [9.17, 15) is 9.59 Å². The monoisotopic (exact) mass is 604 g/mol. The topological polar surface area (TPSA) is 89.5 Å². The van der Waals surface area contributed by atoms with E-state index in [-0.39, 0.29) is 60.9 Å². The maximum absolute atomic E-state index is 13.4. The van der Waals surface area contributed by atoms with Gasteiger partial charge in [0.15, 0.2) is 18.9 Å². The highest BCUT2D eigenvalue weighted by Gasteiger charge is 2.44. The third-order valence-electron chi connectivity index (χ3n) is 10.00. The normalized spacial score (nSPS) is 33.3. The Morgan fingerprint density at radius 2 is 1.44 bits per heavy atom. The van der Waals surface area contributed by atoms with Crippen molar-refractivity contribution in [2.24, 2.45) is 17.8 Å². The fourth-order valence-corrected chi connectivity index (χ4v) is 7.46. The molecule has 2 aliphatic carbocycles. The van der Waals surface area contributed by atoms with Gasteiger partial charge in [0.2, 0.25) is 0 Å². The lowest BCUT2D eigenvalue weighted by atomic mass is 9.87. The van der Waals surface area contributed by atoms with Crippen molar-refractivity contribution in [3.8, 4) is 0 Å². The molecular formula is C35H56O8. The van der Waals surface area contributed by atoms with Gasteiger partial charge in [0.05, 0.1) is 12.2 Å².